The SMILES string of the molecule is CCCCSC1(SCCCC)N=C(N)[C@]2(C#N)[C@H](c3ccccc3)NC(C)=C(C)[C@@]12C#N. The molecule has 0 unspecified atom stereocenters. The molecule has 5 nitrogen and oxygen atoms in total. The highest BCUT2D eigenvalue weighted by Crippen LogP contribution is 2.71. The van der Waals surface area contributed by atoms with E-state index in [1.807, 2.05) is 44.2 Å². The van der Waals surface area contributed by atoms with Crippen molar-refractivity contribution in [2.24, 2.45) is 21.6 Å². The summed E-state index contributed by atoms with van der Waals surface area (Å²) in [6.07, 6.45) is 4.18. The number of allylic oxidation sites excluding steroid dienone is 1. The molecule has 2 heterocycles. The second-order valence-corrected chi connectivity index (χ2v) is 11.3. The van der Waals surface area contributed by atoms with E-state index < -0.39 is 21.1 Å². The maximum Gasteiger partial charge on any atom is 0.178 e. The third kappa shape index (κ3) is 3.42. The molecule has 3 N–H and O–H groups in total. The topological polar surface area (TPSA) is 98.0 Å². The van der Waals surface area contributed by atoms with Crippen LogP contribution in [0.2, 0.25) is 0 Å². The maximum atomic E-state index is 10.9. The van der Waals surface area contributed by atoms with Gasteiger partial charge in [-0.3, -0.25) is 0 Å². The van der Waals surface area contributed by atoms with Gasteiger partial charge in [0.05, 0.1) is 18.2 Å². The average molecular weight is 468 g/mol. The molecule has 2 aliphatic heterocycles. The van der Waals surface area contributed by atoms with Crippen LogP contribution in [0.15, 0.2) is 46.6 Å². The van der Waals surface area contributed by atoms with Crippen LogP contribution in [0.5, 0.6) is 0 Å². The monoisotopic (exact) mass is 467 g/mol. The summed E-state index contributed by atoms with van der Waals surface area (Å²) in [6, 6.07) is 14.6. The predicted molar refractivity (Wildman–Crippen MR) is 136 cm³/mol. The van der Waals surface area contributed by atoms with Crippen LogP contribution in [-0.2, 0) is 0 Å². The highest BCUT2D eigenvalue weighted by Gasteiger charge is 2.76. The average Bonchev–Trinajstić information content (AvgIpc) is 3.03. The largest absolute Gasteiger partial charge is 0.386 e. The summed E-state index contributed by atoms with van der Waals surface area (Å²) < 4.78 is -0.855. The minimum absolute atomic E-state index is 0.266. The van der Waals surface area contributed by atoms with E-state index >= 15 is 0 Å². The molecule has 0 saturated heterocycles. The molecule has 0 saturated carbocycles. The summed E-state index contributed by atoms with van der Waals surface area (Å²) >= 11 is 3.39. The van der Waals surface area contributed by atoms with Crippen molar-refractivity contribution in [1.29, 1.82) is 10.5 Å². The number of nitrogens with one attached hydrogen (secondary N) is 1. The van der Waals surface area contributed by atoms with Gasteiger partial charge >= 0.3 is 0 Å². The number of nitrogens with two attached hydrogens (primary N) is 1. The summed E-state index contributed by atoms with van der Waals surface area (Å²) in [5, 5.41) is 25.3. The van der Waals surface area contributed by atoms with Gasteiger partial charge in [0.2, 0.25) is 0 Å². The summed E-state index contributed by atoms with van der Waals surface area (Å²) in [5.74, 6) is 2.00. The van der Waals surface area contributed by atoms with Crippen molar-refractivity contribution in [3.05, 3.63) is 47.2 Å². The van der Waals surface area contributed by atoms with Crippen LogP contribution >= 0.6 is 23.5 Å². The number of amidine groups is 1. The van der Waals surface area contributed by atoms with Crippen LogP contribution in [-0.4, -0.2) is 21.5 Å². The molecule has 1 aromatic rings. The number of fused-ring (bicyclic) bond motifs is 1. The van der Waals surface area contributed by atoms with Crippen molar-refractivity contribution in [3.63, 3.8) is 0 Å². The van der Waals surface area contributed by atoms with Crippen LogP contribution in [0.4, 0.5) is 0 Å². The fraction of sp³-hybridized carbons (Fsp3) is 0.560. The molecular formula is C25H33N5S2. The number of hydrogen-bond acceptors (Lipinski definition) is 7. The third-order valence-corrected chi connectivity index (χ3v) is 9.99. The molecule has 1 aromatic carbocycles. The predicted octanol–water partition coefficient (Wildman–Crippen LogP) is 5.74. The minimum atomic E-state index is -1.30. The molecule has 2 aliphatic rings. The fourth-order valence-corrected chi connectivity index (χ4v) is 8.57. The van der Waals surface area contributed by atoms with Gasteiger partial charge in [0.25, 0.3) is 0 Å². The van der Waals surface area contributed by atoms with Gasteiger partial charge in [0.1, 0.15) is 5.84 Å². The standard InChI is InChI=1S/C25H33N5S2/c1-5-7-14-31-25(32-15-8-6-2)24(17-27)18(3)19(4)29-21(20-12-10-9-11-13-20)23(24,16-26)22(28)30-25/h9-13,21,29H,5-8,14-15H2,1-4H3,(H2,28,30)/t21-,23-,24+/m0/s1. The number of aliphatic imine (C=N–C) groups is 1. The highest BCUT2D eigenvalue weighted by atomic mass is 32.2. The molecule has 3 rings (SSSR count). The molecule has 32 heavy (non-hydrogen) atoms. The number of benzene rings is 1. The number of hydrogen-bond donors (Lipinski definition) is 2. The van der Waals surface area contributed by atoms with Gasteiger partial charge in [0, 0.05) is 5.70 Å². The first-order valence-corrected chi connectivity index (χ1v) is 13.3. The Kier molecular flexibility index (Phi) is 7.53. The van der Waals surface area contributed by atoms with E-state index in [2.05, 4.69) is 31.3 Å². The lowest BCUT2D eigenvalue weighted by Gasteiger charge is -2.52. The molecule has 3 atom stereocenters. The van der Waals surface area contributed by atoms with Gasteiger partial charge in [-0.2, -0.15) is 10.5 Å². The maximum absolute atomic E-state index is 10.9. The van der Waals surface area contributed by atoms with Gasteiger partial charge in [-0.05, 0) is 49.3 Å². The summed E-state index contributed by atoms with van der Waals surface area (Å²) in [5.41, 5.74) is 6.95. The molecule has 0 aromatic heterocycles. The molecule has 170 valence electrons. The minimum Gasteiger partial charge on any atom is -0.386 e. The summed E-state index contributed by atoms with van der Waals surface area (Å²) in [4.78, 5) is 5.06. The normalized spacial score (nSPS) is 28.3. The second-order valence-electron chi connectivity index (χ2n) is 8.50. The van der Waals surface area contributed by atoms with Gasteiger partial charge in [-0.15, -0.1) is 23.5 Å². The first-order valence-electron chi connectivity index (χ1n) is 11.4. The Balaban J connectivity index is 2.30. The molecular weight excluding hydrogens is 434 g/mol. The van der Waals surface area contributed by atoms with Crippen LogP contribution in [0.1, 0.15) is 65.0 Å². The van der Waals surface area contributed by atoms with E-state index in [9.17, 15) is 10.5 Å². The lowest BCUT2D eigenvalue weighted by atomic mass is 9.55. The Hall–Kier alpha value is -2.09. The van der Waals surface area contributed by atoms with Gasteiger partial charge < -0.3 is 11.1 Å². The first-order chi connectivity index (χ1) is 15.4. The van der Waals surface area contributed by atoms with E-state index in [-0.39, 0.29) is 5.84 Å². The Morgan fingerprint density at radius 1 is 1.03 bits per heavy atom. The van der Waals surface area contributed by atoms with Crippen molar-refractivity contribution in [2.45, 2.75) is 63.6 Å². The van der Waals surface area contributed by atoms with Crippen LogP contribution < -0.4 is 11.1 Å². The molecule has 0 radical (unpaired) electrons. The van der Waals surface area contributed by atoms with Gasteiger partial charge in [-0.25, -0.2) is 4.99 Å². The second kappa shape index (κ2) is 9.81. The van der Waals surface area contributed by atoms with Crippen LogP contribution in [0, 0.1) is 33.5 Å². The zero-order chi connectivity index (χ0) is 23.4. The number of thioether (sulfide) groups is 2. The zero-order valence-corrected chi connectivity index (χ0v) is 21.1. The molecule has 0 aliphatic carbocycles. The Morgan fingerprint density at radius 2 is 1.62 bits per heavy atom. The van der Waals surface area contributed by atoms with E-state index in [4.69, 9.17) is 10.7 Å². The van der Waals surface area contributed by atoms with Gasteiger partial charge in [-0.1, -0.05) is 57.0 Å². The Morgan fingerprint density at radius 3 is 2.12 bits per heavy atom. The summed E-state index contributed by atoms with van der Waals surface area (Å²) in [6.45, 7) is 8.30. The molecule has 7 heteroatoms. The van der Waals surface area contributed by atoms with Gasteiger partial charge in [0.15, 0.2) is 15.0 Å². The lowest BCUT2D eigenvalue weighted by Crippen LogP contribution is -2.61. The number of unbranched alkanes of at least 4 members (excludes halogenated alkanes) is 2. The molecule has 0 spiro atoms. The van der Waals surface area contributed by atoms with E-state index in [1.54, 1.807) is 23.5 Å². The number of rotatable bonds is 9. The van der Waals surface area contributed by atoms with Crippen molar-refractivity contribution in [3.8, 4) is 12.1 Å². The third-order valence-electron chi connectivity index (χ3n) is 6.72. The Bertz CT molecular complexity index is 964. The fourth-order valence-electron chi connectivity index (χ4n) is 4.84. The van der Waals surface area contributed by atoms with E-state index in [0.717, 1.165) is 54.0 Å². The smallest absolute Gasteiger partial charge is 0.178 e. The molecule has 0 fully saturated rings. The Labute approximate surface area is 200 Å². The summed E-state index contributed by atoms with van der Waals surface area (Å²) in [7, 11) is 0. The number of nitriles is 2. The molecule has 0 amide bonds. The lowest BCUT2D eigenvalue weighted by molar-refractivity contribution is 0.200. The van der Waals surface area contributed by atoms with E-state index in [0.29, 0.717) is 0 Å². The van der Waals surface area contributed by atoms with Crippen LogP contribution in [0.3, 0.4) is 0 Å². The van der Waals surface area contributed by atoms with Crippen molar-refractivity contribution < 1.29 is 0 Å². The molecule has 0 bridgehead atoms. The zero-order valence-electron chi connectivity index (χ0n) is 19.4. The van der Waals surface area contributed by atoms with Crippen molar-refractivity contribution in [2.75, 3.05) is 11.5 Å². The number of nitrogens with zero attached hydrogens (tertiary/aromatic N) is 3. The first kappa shape index (κ1) is 24.6. The van der Waals surface area contributed by atoms with E-state index in [1.165, 1.54) is 0 Å². The highest BCUT2D eigenvalue weighted by molar-refractivity contribution is 8.18. The van der Waals surface area contributed by atoms with Crippen molar-refractivity contribution >= 4 is 29.4 Å². The van der Waals surface area contributed by atoms with Crippen molar-refractivity contribution in [1.82, 2.24) is 5.32 Å². The quantitative estimate of drug-likeness (QED) is 0.355. The van der Waals surface area contributed by atoms with Crippen LogP contribution in [0.25, 0.3) is 0 Å².